The molecule has 0 saturated heterocycles. The van der Waals surface area contributed by atoms with Gasteiger partial charge in [-0.1, -0.05) is 20.3 Å². The number of nitrogens with two attached hydrogens (primary N) is 1. The van der Waals surface area contributed by atoms with Gasteiger partial charge in [0.15, 0.2) is 0 Å². The molecule has 7 heteroatoms. The van der Waals surface area contributed by atoms with E-state index in [4.69, 9.17) is 5.73 Å². The van der Waals surface area contributed by atoms with Crippen LogP contribution < -0.4 is 16.4 Å². The molecule has 0 aromatic heterocycles. The van der Waals surface area contributed by atoms with Crippen molar-refractivity contribution in [3.8, 4) is 0 Å². The van der Waals surface area contributed by atoms with Crippen molar-refractivity contribution >= 4 is 18.1 Å². The Morgan fingerprint density at radius 2 is 1.89 bits per heavy atom. The average molecular weight is 272 g/mol. The molecule has 7 nitrogen and oxygen atoms in total. The second-order valence-corrected chi connectivity index (χ2v) is 4.50. The molecule has 0 aromatic rings. The van der Waals surface area contributed by atoms with Crippen LogP contribution in [0.2, 0.25) is 0 Å². The van der Waals surface area contributed by atoms with Crippen molar-refractivity contribution in [1.82, 2.24) is 10.6 Å². The normalized spacial score (nSPS) is 16.9. The van der Waals surface area contributed by atoms with Crippen molar-refractivity contribution in [2.45, 2.75) is 45.4 Å². The molecule has 4 atom stereocenters. The lowest BCUT2D eigenvalue weighted by molar-refractivity contribution is -0.132. The lowest BCUT2D eigenvalue weighted by Crippen LogP contribution is -2.57. The van der Waals surface area contributed by atoms with Gasteiger partial charge in [0.05, 0.1) is 18.7 Å². The van der Waals surface area contributed by atoms with E-state index in [2.05, 4.69) is 10.6 Å². The highest BCUT2D eigenvalue weighted by Crippen LogP contribution is 2.06. The highest BCUT2D eigenvalue weighted by atomic mass is 16.3. The molecule has 0 aliphatic heterocycles. The highest BCUT2D eigenvalue weighted by Gasteiger charge is 2.28. The quantitative estimate of drug-likeness (QED) is 0.426. The predicted molar refractivity (Wildman–Crippen MR) is 69.7 cm³/mol. The number of hydrogen-bond acceptors (Lipinski definition) is 5. The van der Waals surface area contributed by atoms with Gasteiger partial charge in [-0.15, -0.1) is 0 Å². The number of amides is 2. The first kappa shape index (κ1) is 17.5. The summed E-state index contributed by atoms with van der Waals surface area (Å²) in [4.78, 5) is 33.5. The summed E-state index contributed by atoms with van der Waals surface area (Å²) in [5, 5.41) is 14.1. The van der Waals surface area contributed by atoms with Gasteiger partial charge < -0.3 is 21.5 Å². The van der Waals surface area contributed by atoms with E-state index in [0.717, 1.165) is 6.42 Å². The van der Waals surface area contributed by atoms with Gasteiger partial charge in [-0.25, -0.2) is 0 Å². The molecule has 19 heavy (non-hydrogen) atoms. The van der Waals surface area contributed by atoms with Gasteiger partial charge in [-0.05, 0) is 12.8 Å². The Balaban J connectivity index is 4.62. The standard InChI is InChI=1S/C12H22N3O4/c1-4-7(2)9(13)11(18)15-10(8(3)17)12(19)14-5-6-16/h7-10,17H,4-5,13H2,1-3H3,(H,14,19)(H,15,18)/t7-,8-,9-,10-/m0/s1. The number of aliphatic hydroxyl groups excluding tert-OH is 1. The van der Waals surface area contributed by atoms with Gasteiger partial charge >= 0.3 is 0 Å². The molecule has 0 fully saturated rings. The Kier molecular flexibility index (Phi) is 7.94. The molecular weight excluding hydrogens is 250 g/mol. The minimum atomic E-state index is -1.14. The Morgan fingerprint density at radius 3 is 2.32 bits per heavy atom. The van der Waals surface area contributed by atoms with Crippen molar-refractivity contribution in [3.63, 3.8) is 0 Å². The summed E-state index contributed by atoms with van der Waals surface area (Å²) in [6, 6.07) is -1.90. The van der Waals surface area contributed by atoms with Crippen molar-refractivity contribution in [1.29, 1.82) is 0 Å². The van der Waals surface area contributed by atoms with Gasteiger partial charge in [-0.2, -0.15) is 0 Å². The van der Waals surface area contributed by atoms with Crippen LogP contribution in [-0.2, 0) is 14.4 Å². The molecule has 0 unspecified atom stereocenters. The van der Waals surface area contributed by atoms with E-state index in [-0.39, 0.29) is 12.5 Å². The number of carbonyl (C=O) groups is 2. The molecular formula is C12H22N3O4. The molecule has 109 valence electrons. The van der Waals surface area contributed by atoms with E-state index in [1.807, 2.05) is 13.8 Å². The van der Waals surface area contributed by atoms with Crippen LogP contribution >= 0.6 is 0 Å². The summed E-state index contributed by atoms with van der Waals surface area (Å²) in [5.74, 6) is -1.20. The maximum atomic E-state index is 11.8. The first-order valence-corrected chi connectivity index (χ1v) is 6.21. The van der Waals surface area contributed by atoms with Crippen molar-refractivity contribution in [3.05, 3.63) is 0 Å². The number of nitrogens with one attached hydrogen (secondary N) is 2. The zero-order chi connectivity index (χ0) is 15.0. The zero-order valence-corrected chi connectivity index (χ0v) is 11.5. The van der Waals surface area contributed by atoms with Crippen molar-refractivity contribution in [2.75, 3.05) is 6.54 Å². The number of aliphatic hydroxyl groups is 1. The van der Waals surface area contributed by atoms with E-state index in [9.17, 15) is 19.5 Å². The van der Waals surface area contributed by atoms with Gasteiger partial charge in [0, 0.05) is 0 Å². The minimum absolute atomic E-state index is 0.0407. The second kappa shape index (κ2) is 8.60. The summed E-state index contributed by atoms with van der Waals surface area (Å²) >= 11 is 0. The SMILES string of the molecule is CC[C@H](C)[C@H](N)C(=O)N[C@H](C(=O)NC[C]=O)[C@H](C)O. The molecule has 2 amide bonds. The molecule has 0 aliphatic carbocycles. The summed E-state index contributed by atoms with van der Waals surface area (Å²) in [6.45, 7) is 4.79. The Bertz CT molecular complexity index is 320. The largest absolute Gasteiger partial charge is 0.391 e. The number of hydrogen-bond donors (Lipinski definition) is 4. The fourth-order valence-corrected chi connectivity index (χ4v) is 1.40. The maximum Gasteiger partial charge on any atom is 0.245 e. The van der Waals surface area contributed by atoms with Crippen LogP contribution in [0.5, 0.6) is 0 Å². The maximum absolute atomic E-state index is 11.8. The summed E-state index contributed by atoms with van der Waals surface area (Å²) in [5.41, 5.74) is 5.73. The van der Waals surface area contributed by atoms with Crippen molar-refractivity contribution < 1.29 is 19.5 Å². The van der Waals surface area contributed by atoms with E-state index in [1.54, 1.807) is 0 Å². The van der Waals surface area contributed by atoms with Gasteiger partial charge in [0.2, 0.25) is 18.1 Å². The topological polar surface area (TPSA) is 122 Å². The molecule has 0 rings (SSSR count). The zero-order valence-electron chi connectivity index (χ0n) is 11.5. The third-order valence-corrected chi connectivity index (χ3v) is 2.96. The van der Waals surface area contributed by atoms with Crippen LogP contribution in [0.4, 0.5) is 0 Å². The molecule has 0 spiro atoms. The first-order chi connectivity index (χ1) is 8.84. The molecule has 0 heterocycles. The smallest absolute Gasteiger partial charge is 0.245 e. The minimum Gasteiger partial charge on any atom is -0.391 e. The lowest BCUT2D eigenvalue weighted by Gasteiger charge is -2.24. The van der Waals surface area contributed by atoms with Gasteiger partial charge in [0.25, 0.3) is 0 Å². The molecule has 0 bridgehead atoms. The fourth-order valence-electron chi connectivity index (χ4n) is 1.40. The van der Waals surface area contributed by atoms with Crippen LogP contribution in [0.3, 0.4) is 0 Å². The fraction of sp³-hybridized carbons (Fsp3) is 0.750. The average Bonchev–Trinajstić information content (AvgIpc) is 2.39. The van der Waals surface area contributed by atoms with Gasteiger partial charge in [-0.3, -0.25) is 14.4 Å². The van der Waals surface area contributed by atoms with Crippen LogP contribution in [-0.4, -0.2) is 47.9 Å². The summed E-state index contributed by atoms with van der Waals surface area (Å²) in [6.07, 6.45) is 1.12. The van der Waals surface area contributed by atoms with Crippen molar-refractivity contribution in [2.24, 2.45) is 11.7 Å². The molecule has 0 saturated carbocycles. The van der Waals surface area contributed by atoms with E-state index in [1.165, 1.54) is 13.2 Å². The predicted octanol–water partition coefficient (Wildman–Crippen LogP) is -1.55. The first-order valence-electron chi connectivity index (χ1n) is 6.21. The van der Waals surface area contributed by atoms with Crippen LogP contribution in [0, 0.1) is 5.92 Å². The van der Waals surface area contributed by atoms with Crippen LogP contribution in [0.25, 0.3) is 0 Å². The number of carbonyl (C=O) groups excluding carboxylic acids is 3. The number of rotatable bonds is 8. The van der Waals surface area contributed by atoms with E-state index in [0.29, 0.717) is 0 Å². The molecule has 0 aliphatic rings. The van der Waals surface area contributed by atoms with E-state index >= 15 is 0 Å². The Hall–Kier alpha value is -1.47. The highest BCUT2D eigenvalue weighted by molar-refractivity contribution is 5.90. The summed E-state index contributed by atoms with van der Waals surface area (Å²) < 4.78 is 0. The van der Waals surface area contributed by atoms with Gasteiger partial charge in [0.1, 0.15) is 6.04 Å². The third-order valence-electron chi connectivity index (χ3n) is 2.96. The third kappa shape index (κ3) is 5.80. The second-order valence-electron chi connectivity index (χ2n) is 4.50. The van der Waals surface area contributed by atoms with Crippen LogP contribution in [0.1, 0.15) is 27.2 Å². The lowest BCUT2D eigenvalue weighted by atomic mass is 9.99. The molecule has 1 radical (unpaired) electrons. The van der Waals surface area contributed by atoms with E-state index < -0.39 is 30.0 Å². The monoisotopic (exact) mass is 272 g/mol. The Morgan fingerprint density at radius 1 is 1.32 bits per heavy atom. The molecule has 0 aromatic carbocycles. The Labute approximate surface area is 112 Å². The van der Waals surface area contributed by atoms with Crippen LogP contribution in [0.15, 0.2) is 0 Å². The molecule has 5 N–H and O–H groups in total. The summed E-state index contributed by atoms with van der Waals surface area (Å²) in [7, 11) is 0.